The number of nitrogen functional groups attached to an aromatic ring is 1. The minimum absolute atomic E-state index is 0.262. The SMILES string of the molecule is Cc1cc(F)ccc1Oc1ccc(N)cc1. The van der Waals surface area contributed by atoms with Crippen molar-refractivity contribution in [2.75, 3.05) is 5.73 Å². The van der Waals surface area contributed by atoms with Gasteiger partial charge in [0.25, 0.3) is 0 Å². The number of ether oxygens (including phenoxy) is 1. The van der Waals surface area contributed by atoms with E-state index in [0.29, 0.717) is 17.2 Å². The number of halogens is 1. The lowest BCUT2D eigenvalue weighted by molar-refractivity contribution is 0.476. The van der Waals surface area contributed by atoms with Crippen LogP contribution in [0.15, 0.2) is 42.5 Å². The van der Waals surface area contributed by atoms with E-state index in [1.54, 1.807) is 37.3 Å². The van der Waals surface area contributed by atoms with Crippen LogP contribution in [0.2, 0.25) is 0 Å². The van der Waals surface area contributed by atoms with Crippen LogP contribution < -0.4 is 10.5 Å². The van der Waals surface area contributed by atoms with Gasteiger partial charge in [0.15, 0.2) is 0 Å². The molecule has 2 aromatic rings. The lowest BCUT2D eigenvalue weighted by atomic mass is 10.2. The maximum Gasteiger partial charge on any atom is 0.130 e. The fourth-order valence-electron chi connectivity index (χ4n) is 1.39. The average molecular weight is 217 g/mol. The molecule has 0 aliphatic carbocycles. The Morgan fingerprint density at radius 1 is 1.06 bits per heavy atom. The molecule has 0 unspecified atom stereocenters. The van der Waals surface area contributed by atoms with Gasteiger partial charge in [0.05, 0.1) is 0 Å². The molecule has 82 valence electrons. The summed E-state index contributed by atoms with van der Waals surface area (Å²) in [6, 6.07) is 11.5. The van der Waals surface area contributed by atoms with E-state index in [-0.39, 0.29) is 5.82 Å². The van der Waals surface area contributed by atoms with Crippen molar-refractivity contribution >= 4 is 5.69 Å². The second-order valence-electron chi connectivity index (χ2n) is 3.58. The van der Waals surface area contributed by atoms with E-state index < -0.39 is 0 Å². The summed E-state index contributed by atoms with van der Waals surface area (Å²) in [4.78, 5) is 0. The van der Waals surface area contributed by atoms with Gasteiger partial charge in [0.1, 0.15) is 17.3 Å². The molecule has 0 fully saturated rings. The summed E-state index contributed by atoms with van der Waals surface area (Å²) in [5, 5.41) is 0. The zero-order chi connectivity index (χ0) is 11.5. The first-order valence-corrected chi connectivity index (χ1v) is 4.95. The fourth-order valence-corrected chi connectivity index (χ4v) is 1.39. The molecule has 2 aromatic carbocycles. The third-order valence-electron chi connectivity index (χ3n) is 2.24. The molecular formula is C13H12FNO. The van der Waals surface area contributed by atoms with Crippen molar-refractivity contribution in [2.45, 2.75) is 6.92 Å². The number of anilines is 1. The molecule has 3 heteroatoms. The molecule has 0 atom stereocenters. The van der Waals surface area contributed by atoms with Crippen LogP contribution in [0.25, 0.3) is 0 Å². The molecule has 0 aromatic heterocycles. The molecule has 0 amide bonds. The predicted molar refractivity (Wildman–Crippen MR) is 62.1 cm³/mol. The van der Waals surface area contributed by atoms with E-state index in [2.05, 4.69) is 0 Å². The molecule has 16 heavy (non-hydrogen) atoms. The molecule has 0 radical (unpaired) electrons. The van der Waals surface area contributed by atoms with Crippen molar-refractivity contribution < 1.29 is 9.13 Å². The second kappa shape index (κ2) is 4.23. The second-order valence-corrected chi connectivity index (χ2v) is 3.58. The largest absolute Gasteiger partial charge is 0.457 e. The van der Waals surface area contributed by atoms with Crippen molar-refractivity contribution in [3.8, 4) is 11.5 Å². The number of benzene rings is 2. The number of rotatable bonds is 2. The molecule has 0 saturated heterocycles. The highest BCUT2D eigenvalue weighted by molar-refractivity contribution is 5.44. The molecule has 0 aliphatic heterocycles. The number of hydrogen-bond donors (Lipinski definition) is 1. The highest BCUT2D eigenvalue weighted by Gasteiger charge is 2.02. The quantitative estimate of drug-likeness (QED) is 0.781. The van der Waals surface area contributed by atoms with E-state index in [4.69, 9.17) is 10.5 Å². The Morgan fingerprint density at radius 3 is 2.38 bits per heavy atom. The third-order valence-corrected chi connectivity index (χ3v) is 2.24. The topological polar surface area (TPSA) is 35.2 Å². The molecule has 2 nitrogen and oxygen atoms in total. The van der Waals surface area contributed by atoms with Crippen molar-refractivity contribution in [1.29, 1.82) is 0 Å². The molecule has 0 spiro atoms. The van der Waals surface area contributed by atoms with Gasteiger partial charge in [0.2, 0.25) is 0 Å². The van der Waals surface area contributed by atoms with Crippen LogP contribution in [-0.4, -0.2) is 0 Å². The number of nitrogens with two attached hydrogens (primary N) is 1. The standard InChI is InChI=1S/C13H12FNO/c1-9-8-10(14)2-7-13(9)16-12-5-3-11(15)4-6-12/h2-8H,15H2,1H3. The van der Waals surface area contributed by atoms with Crippen LogP contribution in [-0.2, 0) is 0 Å². The van der Waals surface area contributed by atoms with Crippen molar-refractivity contribution in [1.82, 2.24) is 0 Å². The Hall–Kier alpha value is -2.03. The van der Waals surface area contributed by atoms with Gasteiger partial charge in [-0.05, 0) is 55.0 Å². The minimum atomic E-state index is -0.262. The maximum absolute atomic E-state index is 12.9. The van der Waals surface area contributed by atoms with E-state index in [0.717, 1.165) is 5.56 Å². The predicted octanol–water partition coefficient (Wildman–Crippen LogP) is 3.51. The average Bonchev–Trinajstić information content (AvgIpc) is 2.25. The molecule has 2 rings (SSSR count). The van der Waals surface area contributed by atoms with Gasteiger partial charge in [0, 0.05) is 5.69 Å². The smallest absolute Gasteiger partial charge is 0.130 e. The highest BCUT2D eigenvalue weighted by atomic mass is 19.1. The Balaban J connectivity index is 2.23. The van der Waals surface area contributed by atoms with Gasteiger partial charge in [-0.15, -0.1) is 0 Å². The van der Waals surface area contributed by atoms with Crippen molar-refractivity contribution in [3.63, 3.8) is 0 Å². The minimum Gasteiger partial charge on any atom is -0.457 e. The Kier molecular flexibility index (Phi) is 2.77. The lowest BCUT2D eigenvalue weighted by Crippen LogP contribution is -1.89. The summed E-state index contributed by atoms with van der Waals surface area (Å²) in [5.74, 6) is 1.07. The summed E-state index contributed by atoms with van der Waals surface area (Å²) in [7, 11) is 0. The monoisotopic (exact) mass is 217 g/mol. The molecule has 0 bridgehead atoms. The van der Waals surface area contributed by atoms with Crippen molar-refractivity contribution in [2.24, 2.45) is 0 Å². The van der Waals surface area contributed by atoms with Gasteiger partial charge in [-0.1, -0.05) is 0 Å². The fraction of sp³-hybridized carbons (Fsp3) is 0.0769. The first-order valence-electron chi connectivity index (χ1n) is 4.95. The zero-order valence-electron chi connectivity index (χ0n) is 8.91. The van der Waals surface area contributed by atoms with Crippen LogP contribution in [0.3, 0.4) is 0 Å². The van der Waals surface area contributed by atoms with Crippen LogP contribution in [0.5, 0.6) is 11.5 Å². The summed E-state index contributed by atoms with van der Waals surface area (Å²) in [5.41, 5.74) is 7.01. The van der Waals surface area contributed by atoms with Crippen LogP contribution in [0.1, 0.15) is 5.56 Å². The summed E-state index contributed by atoms with van der Waals surface area (Å²) in [6.07, 6.45) is 0. The first kappa shape index (κ1) is 10.5. The Labute approximate surface area is 93.5 Å². The summed E-state index contributed by atoms with van der Waals surface area (Å²) < 4.78 is 18.5. The normalized spacial score (nSPS) is 10.1. The van der Waals surface area contributed by atoms with E-state index in [1.165, 1.54) is 12.1 Å². The third kappa shape index (κ3) is 2.31. The van der Waals surface area contributed by atoms with Crippen LogP contribution in [0, 0.1) is 12.7 Å². The molecule has 2 N–H and O–H groups in total. The van der Waals surface area contributed by atoms with E-state index >= 15 is 0 Å². The van der Waals surface area contributed by atoms with Gasteiger partial charge in [-0.3, -0.25) is 0 Å². The zero-order valence-corrected chi connectivity index (χ0v) is 8.91. The molecule has 0 heterocycles. The number of aryl methyl sites for hydroxylation is 1. The molecular weight excluding hydrogens is 205 g/mol. The van der Waals surface area contributed by atoms with Crippen LogP contribution in [0.4, 0.5) is 10.1 Å². The number of hydrogen-bond acceptors (Lipinski definition) is 2. The molecule has 0 aliphatic rings. The summed E-state index contributed by atoms with van der Waals surface area (Å²) >= 11 is 0. The van der Waals surface area contributed by atoms with Gasteiger partial charge in [-0.25, -0.2) is 4.39 Å². The van der Waals surface area contributed by atoms with Gasteiger partial charge in [-0.2, -0.15) is 0 Å². The van der Waals surface area contributed by atoms with E-state index in [1.807, 2.05) is 0 Å². The van der Waals surface area contributed by atoms with Gasteiger partial charge < -0.3 is 10.5 Å². The first-order chi connectivity index (χ1) is 7.65. The van der Waals surface area contributed by atoms with Crippen LogP contribution >= 0.6 is 0 Å². The highest BCUT2D eigenvalue weighted by Crippen LogP contribution is 2.25. The Morgan fingerprint density at radius 2 is 1.75 bits per heavy atom. The lowest BCUT2D eigenvalue weighted by Gasteiger charge is -2.08. The van der Waals surface area contributed by atoms with Gasteiger partial charge >= 0.3 is 0 Å². The maximum atomic E-state index is 12.9. The summed E-state index contributed by atoms with van der Waals surface area (Å²) in [6.45, 7) is 1.80. The van der Waals surface area contributed by atoms with E-state index in [9.17, 15) is 4.39 Å². The Bertz CT molecular complexity index is 494. The molecule has 0 saturated carbocycles. The van der Waals surface area contributed by atoms with Crippen molar-refractivity contribution in [3.05, 3.63) is 53.8 Å².